The maximum Gasteiger partial charge on any atom is 0.239 e. The second kappa shape index (κ2) is 7.25. The maximum absolute atomic E-state index is 12.8. The Morgan fingerprint density at radius 2 is 1.82 bits per heavy atom. The molecule has 22 heavy (non-hydrogen) atoms. The second-order valence-corrected chi connectivity index (χ2v) is 6.62. The molecule has 1 atom stereocenters. The van der Waals surface area contributed by atoms with Crippen LogP contribution in [0.5, 0.6) is 0 Å². The zero-order valence-corrected chi connectivity index (χ0v) is 13.3. The molecule has 2 saturated heterocycles. The SMILES string of the molecule is NCC1CCN(C(=O)C2CCCN2Cc2ccccc2)CC1. The Balaban J connectivity index is 1.59. The first kappa shape index (κ1) is 15.5. The van der Waals surface area contributed by atoms with Gasteiger partial charge in [-0.05, 0) is 50.3 Å². The lowest BCUT2D eigenvalue weighted by Gasteiger charge is -2.35. The molecule has 0 radical (unpaired) electrons. The first-order valence-electron chi connectivity index (χ1n) is 8.54. The summed E-state index contributed by atoms with van der Waals surface area (Å²) in [5.41, 5.74) is 7.04. The van der Waals surface area contributed by atoms with E-state index in [2.05, 4.69) is 34.1 Å². The van der Waals surface area contributed by atoms with Crippen molar-refractivity contribution in [3.05, 3.63) is 35.9 Å². The third-order valence-electron chi connectivity index (χ3n) is 5.14. The largest absolute Gasteiger partial charge is 0.341 e. The first-order chi connectivity index (χ1) is 10.8. The van der Waals surface area contributed by atoms with Gasteiger partial charge in [-0.25, -0.2) is 0 Å². The minimum Gasteiger partial charge on any atom is -0.341 e. The number of nitrogens with two attached hydrogens (primary N) is 1. The summed E-state index contributed by atoms with van der Waals surface area (Å²) < 4.78 is 0. The van der Waals surface area contributed by atoms with Crippen LogP contribution in [0.3, 0.4) is 0 Å². The highest BCUT2D eigenvalue weighted by Crippen LogP contribution is 2.24. The van der Waals surface area contributed by atoms with Crippen molar-refractivity contribution in [2.75, 3.05) is 26.2 Å². The second-order valence-electron chi connectivity index (χ2n) is 6.62. The van der Waals surface area contributed by atoms with Crippen LogP contribution in [-0.4, -0.2) is 47.9 Å². The van der Waals surface area contributed by atoms with Crippen molar-refractivity contribution in [2.45, 2.75) is 38.3 Å². The van der Waals surface area contributed by atoms with Crippen molar-refractivity contribution < 1.29 is 4.79 Å². The molecule has 2 N–H and O–H groups in total. The number of benzene rings is 1. The van der Waals surface area contributed by atoms with Crippen molar-refractivity contribution in [3.8, 4) is 0 Å². The van der Waals surface area contributed by atoms with Crippen LogP contribution in [-0.2, 0) is 11.3 Å². The Bertz CT molecular complexity index is 482. The summed E-state index contributed by atoms with van der Waals surface area (Å²) >= 11 is 0. The van der Waals surface area contributed by atoms with Gasteiger partial charge >= 0.3 is 0 Å². The van der Waals surface area contributed by atoms with E-state index in [0.29, 0.717) is 11.8 Å². The topological polar surface area (TPSA) is 49.6 Å². The van der Waals surface area contributed by atoms with E-state index < -0.39 is 0 Å². The molecule has 1 aromatic rings. The fourth-order valence-electron chi connectivity index (χ4n) is 3.71. The number of nitrogens with zero attached hydrogens (tertiary/aromatic N) is 2. The number of rotatable bonds is 4. The van der Waals surface area contributed by atoms with Crippen LogP contribution in [0.25, 0.3) is 0 Å². The van der Waals surface area contributed by atoms with Crippen LogP contribution in [0.1, 0.15) is 31.2 Å². The van der Waals surface area contributed by atoms with Gasteiger partial charge in [-0.3, -0.25) is 9.69 Å². The molecule has 2 aliphatic heterocycles. The zero-order valence-electron chi connectivity index (χ0n) is 13.3. The molecule has 1 amide bonds. The third kappa shape index (κ3) is 3.50. The van der Waals surface area contributed by atoms with Gasteiger partial charge in [0.25, 0.3) is 0 Å². The van der Waals surface area contributed by atoms with Gasteiger partial charge < -0.3 is 10.6 Å². The molecule has 4 nitrogen and oxygen atoms in total. The summed E-state index contributed by atoms with van der Waals surface area (Å²) in [5, 5.41) is 0. The van der Waals surface area contributed by atoms with Crippen molar-refractivity contribution in [1.29, 1.82) is 0 Å². The minimum absolute atomic E-state index is 0.0784. The standard InChI is InChI=1S/C18H27N3O/c19-13-15-8-11-20(12-9-15)18(22)17-7-4-10-21(17)14-16-5-2-1-3-6-16/h1-3,5-6,15,17H,4,7-14,19H2. The number of amides is 1. The number of piperidine rings is 1. The summed E-state index contributed by atoms with van der Waals surface area (Å²) in [6.45, 7) is 4.44. The van der Waals surface area contributed by atoms with E-state index in [-0.39, 0.29) is 6.04 Å². The highest BCUT2D eigenvalue weighted by molar-refractivity contribution is 5.82. The average molecular weight is 301 g/mol. The monoisotopic (exact) mass is 301 g/mol. The molecule has 0 aromatic heterocycles. The summed E-state index contributed by atoms with van der Waals surface area (Å²) in [6.07, 6.45) is 4.26. The molecule has 120 valence electrons. The van der Waals surface area contributed by atoms with E-state index >= 15 is 0 Å². The molecule has 1 aromatic carbocycles. The molecular weight excluding hydrogens is 274 g/mol. The van der Waals surface area contributed by atoms with E-state index in [1.54, 1.807) is 0 Å². The van der Waals surface area contributed by atoms with Crippen LogP contribution in [0.2, 0.25) is 0 Å². The normalized spacial score (nSPS) is 23.9. The van der Waals surface area contributed by atoms with Gasteiger partial charge in [-0.1, -0.05) is 30.3 Å². The highest BCUT2D eigenvalue weighted by atomic mass is 16.2. The van der Waals surface area contributed by atoms with Gasteiger partial charge in [0.2, 0.25) is 5.91 Å². The summed E-state index contributed by atoms with van der Waals surface area (Å²) in [6, 6.07) is 10.5. The summed E-state index contributed by atoms with van der Waals surface area (Å²) in [7, 11) is 0. The molecule has 0 saturated carbocycles. The fourth-order valence-corrected chi connectivity index (χ4v) is 3.71. The number of carbonyl (C=O) groups is 1. The lowest BCUT2D eigenvalue weighted by Crippen LogP contribution is -2.48. The number of hydrogen-bond donors (Lipinski definition) is 1. The molecule has 2 heterocycles. The predicted molar refractivity (Wildman–Crippen MR) is 88.2 cm³/mol. The van der Waals surface area contributed by atoms with Crippen molar-refractivity contribution >= 4 is 5.91 Å². The molecule has 0 spiro atoms. The first-order valence-corrected chi connectivity index (χ1v) is 8.54. The Hall–Kier alpha value is -1.39. The predicted octanol–water partition coefficient (Wildman–Crippen LogP) is 1.85. The molecule has 1 unspecified atom stereocenters. The van der Waals surface area contributed by atoms with E-state index in [4.69, 9.17) is 5.73 Å². The summed E-state index contributed by atoms with van der Waals surface area (Å²) in [5.74, 6) is 0.942. The minimum atomic E-state index is 0.0784. The Morgan fingerprint density at radius 1 is 1.09 bits per heavy atom. The Morgan fingerprint density at radius 3 is 2.50 bits per heavy atom. The number of hydrogen-bond acceptors (Lipinski definition) is 3. The van der Waals surface area contributed by atoms with E-state index in [0.717, 1.165) is 58.4 Å². The van der Waals surface area contributed by atoms with Crippen LogP contribution >= 0.6 is 0 Å². The molecule has 4 heteroatoms. The Kier molecular flexibility index (Phi) is 5.11. The van der Waals surface area contributed by atoms with Gasteiger partial charge in [-0.2, -0.15) is 0 Å². The molecule has 3 rings (SSSR count). The van der Waals surface area contributed by atoms with Crippen LogP contribution in [0.15, 0.2) is 30.3 Å². The third-order valence-corrected chi connectivity index (χ3v) is 5.14. The van der Waals surface area contributed by atoms with Crippen LogP contribution in [0.4, 0.5) is 0 Å². The van der Waals surface area contributed by atoms with Gasteiger partial charge in [0.05, 0.1) is 6.04 Å². The van der Waals surface area contributed by atoms with Crippen molar-refractivity contribution in [1.82, 2.24) is 9.80 Å². The van der Waals surface area contributed by atoms with Crippen LogP contribution in [0, 0.1) is 5.92 Å². The molecular formula is C18H27N3O. The van der Waals surface area contributed by atoms with Gasteiger partial charge in [0.15, 0.2) is 0 Å². The lowest BCUT2D eigenvalue weighted by atomic mass is 9.96. The van der Waals surface area contributed by atoms with Gasteiger partial charge in [0.1, 0.15) is 0 Å². The lowest BCUT2D eigenvalue weighted by molar-refractivity contribution is -0.137. The molecule has 0 bridgehead atoms. The Labute approximate surface area is 133 Å². The van der Waals surface area contributed by atoms with Gasteiger partial charge in [0, 0.05) is 19.6 Å². The average Bonchev–Trinajstić information content (AvgIpc) is 3.03. The van der Waals surface area contributed by atoms with E-state index in [1.165, 1.54) is 5.56 Å². The van der Waals surface area contributed by atoms with Crippen molar-refractivity contribution in [2.24, 2.45) is 11.7 Å². The smallest absolute Gasteiger partial charge is 0.239 e. The van der Waals surface area contributed by atoms with E-state index in [1.807, 2.05) is 6.07 Å². The quantitative estimate of drug-likeness (QED) is 0.923. The highest BCUT2D eigenvalue weighted by Gasteiger charge is 2.34. The zero-order chi connectivity index (χ0) is 15.4. The fraction of sp³-hybridized carbons (Fsp3) is 0.611. The van der Waals surface area contributed by atoms with Gasteiger partial charge in [-0.15, -0.1) is 0 Å². The number of carbonyl (C=O) groups excluding carboxylic acids is 1. The molecule has 2 fully saturated rings. The molecule has 0 aliphatic carbocycles. The molecule has 2 aliphatic rings. The van der Waals surface area contributed by atoms with E-state index in [9.17, 15) is 4.79 Å². The van der Waals surface area contributed by atoms with Crippen LogP contribution < -0.4 is 5.73 Å². The summed E-state index contributed by atoms with van der Waals surface area (Å²) in [4.78, 5) is 17.3. The maximum atomic E-state index is 12.8. The van der Waals surface area contributed by atoms with Crippen molar-refractivity contribution in [3.63, 3.8) is 0 Å². The number of likely N-dealkylation sites (tertiary alicyclic amines) is 2.